The van der Waals surface area contributed by atoms with Gasteiger partial charge in [0.05, 0.1) is 11.1 Å². The van der Waals surface area contributed by atoms with Crippen LogP contribution in [-0.2, 0) is 0 Å². The minimum Gasteiger partial charge on any atom is -0.355 e. The second kappa shape index (κ2) is 4.89. The number of nitrogens with zero attached hydrogens (tertiary/aromatic N) is 3. The number of hydrogen-bond donors (Lipinski definition) is 0. The third kappa shape index (κ3) is 2.26. The minimum atomic E-state index is 0.688. The predicted molar refractivity (Wildman–Crippen MR) is 77.1 cm³/mol. The van der Waals surface area contributed by atoms with E-state index >= 15 is 0 Å². The molecule has 3 heteroatoms. The Kier molecular flexibility index (Phi) is 3.08. The smallest absolute Gasteiger partial charge is 0.147 e. The fraction of sp³-hybridized carbons (Fsp3) is 0.375. The number of benzene rings is 1. The molecule has 96 valence electrons. The molecular formula is C16H17N3. The number of hydrogen-bond acceptors (Lipinski definition) is 3. The molecule has 1 aliphatic rings. The average Bonchev–Trinajstić information content (AvgIpc) is 2.46. The summed E-state index contributed by atoms with van der Waals surface area (Å²) in [6.07, 6.45) is 2.36. The van der Waals surface area contributed by atoms with Gasteiger partial charge in [0.25, 0.3) is 0 Å². The van der Waals surface area contributed by atoms with Crippen molar-refractivity contribution >= 4 is 16.7 Å². The van der Waals surface area contributed by atoms with Crippen LogP contribution in [0.3, 0.4) is 0 Å². The van der Waals surface area contributed by atoms with Crippen molar-refractivity contribution in [3.63, 3.8) is 0 Å². The maximum Gasteiger partial charge on any atom is 0.147 e. The molecule has 0 amide bonds. The topological polar surface area (TPSA) is 39.9 Å². The summed E-state index contributed by atoms with van der Waals surface area (Å²) in [4.78, 5) is 6.95. The van der Waals surface area contributed by atoms with Crippen LogP contribution >= 0.6 is 0 Å². The van der Waals surface area contributed by atoms with Crippen LogP contribution < -0.4 is 4.90 Å². The van der Waals surface area contributed by atoms with Gasteiger partial charge in [-0.3, -0.25) is 0 Å². The van der Waals surface area contributed by atoms with Gasteiger partial charge in [0, 0.05) is 18.5 Å². The van der Waals surface area contributed by atoms with Crippen LogP contribution in [-0.4, -0.2) is 18.1 Å². The fourth-order valence-electron chi connectivity index (χ4n) is 2.65. The quantitative estimate of drug-likeness (QED) is 0.780. The summed E-state index contributed by atoms with van der Waals surface area (Å²) < 4.78 is 0. The Morgan fingerprint density at radius 1 is 1.26 bits per heavy atom. The Morgan fingerprint density at radius 3 is 2.74 bits per heavy atom. The number of nitriles is 1. The molecule has 0 spiro atoms. The summed E-state index contributed by atoms with van der Waals surface area (Å²) in [7, 11) is 0. The van der Waals surface area contributed by atoms with Crippen LogP contribution in [0.1, 0.15) is 25.3 Å². The van der Waals surface area contributed by atoms with Crippen LogP contribution in [0.25, 0.3) is 10.9 Å². The number of anilines is 1. The van der Waals surface area contributed by atoms with Crippen LogP contribution in [0.2, 0.25) is 0 Å². The molecule has 0 unspecified atom stereocenters. The van der Waals surface area contributed by atoms with Gasteiger partial charge in [0.2, 0.25) is 0 Å². The fourth-order valence-corrected chi connectivity index (χ4v) is 2.65. The van der Waals surface area contributed by atoms with Crippen molar-refractivity contribution in [2.24, 2.45) is 5.92 Å². The lowest BCUT2D eigenvalue weighted by molar-refractivity contribution is 0.436. The van der Waals surface area contributed by atoms with Gasteiger partial charge in [0.1, 0.15) is 11.9 Å². The van der Waals surface area contributed by atoms with Crippen molar-refractivity contribution in [1.82, 2.24) is 4.98 Å². The van der Waals surface area contributed by atoms with Crippen molar-refractivity contribution in [3.05, 3.63) is 35.9 Å². The molecule has 0 aliphatic carbocycles. The predicted octanol–water partition coefficient (Wildman–Crippen LogP) is 3.34. The molecule has 1 aromatic carbocycles. The Balaban J connectivity index is 2.04. The molecule has 0 bridgehead atoms. The minimum absolute atomic E-state index is 0.688. The molecule has 19 heavy (non-hydrogen) atoms. The first-order chi connectivity index (χ1) is 9.28. The largest absolute Gasteiger partial charge is 0.355 e. The second-order valence-corrected chi connectivity index (χ2v) is 5.33. The van der Waals surface area contributed by atoms with E-state index in [9.17, 15) is 5.26 Å². The highest BCUT2D eigenvalue weighted by molar-refractivity contribution is 5.83. The summed E-state index contributed by atoms with van der Waals surface area (Å²) in [6, 6.07) is 12.2. The van der Waals surface area contributed by atoms with Crippen LogP contribution in [0.4, 0.5) is 5.82 Å². The highest BCUT2D eigenvalue weighted by atomic mass is 15.2. The first-order valence-electron chi connectivity index (χ1n) is 6.83. The van der Waals surface area contributed by atoms with Gasteiger partial charge in [-0.2, -0.15) is 5.26 Å². The number of pyridine rings is 1. The molecule has 1 aromatic heterocycles. The summed E-state index contributed by atoms with van der Waals surface area (Å²) in [5.41, 5.74) is 1.66. The zero-order valence-corrected chi connectivity index (χ0v) is 11.1. The van der Waals surface area contributed by atoms with E-state index in [-0.39, 0.29) is 0 Å². The lowest BCUT2D eigenvalue weighted by atomic mass is 9.99. The molecule has 0 radical (unpaired) electrons. The van der Waals surface area contributed by atoms with Gasteiger partial charge in [0.15, 0.2) is 0 Å². The van der Waals surface area contributed by atoms with Crippen LogP contribution in [0.5, 0.6) is 0 Å². The van der Waals surface area contributed by atoms with Gasteiger partial charge in [-0.25, -0.2) is 4.98 Å². The van der Waals surface area contributed by atoms with E-state index in [2.05, 4.69) is 17.9 Å². The van der Waals surface area contributed by atoms with Gasteiger partial charge in [-0.15, -0.1) is 0 Å². The number of aromatic nitrogens is 1. The van der Waals surface area contributed by atoms with E-state index in [1.807, 2.05) is 30.3 Å². The molecule has 2 heterocycles. The van der Waals surface area contributed by atoms with E-state index in [1.165, 1.54) is 12.8 Å². The third-order valence-electron chi connectivity index (χ3n) is 3.91. The van der Waals surface area contributed by atoms with Crippen molar-refractivity contribution in [3.8, 4) is 6.07 Å². The maximum atomic E-state index is 9.34. The maximum absolute atomic E-state index is 9.34. The standard InChI is InChI=1S/C16H17N3/c1-12-6-8-19(9-7-12)16-14(11-17)10-13-4-2-3-5-15(13)18-16/h2-5,10,12H,6-9H2,1H3. The van der Waals surface area contributed by atoms with Gasteiger partial charge >= 0.3 is 0 Å². The molecule has 3 nitrogen and oxygen atoms in total. The van der Waals surface area contributed by atoms with Gasteiger partial charge < -0.3 is 4.90 Å². The molecule has 3 rings (SSSR count). The lowest BCUT2D eigenvalue weighted by Crippen LogP contribution is -2.34. The van der Waals surface area contributed by atoms with Crippen molar-refractivity contribution in [2.45, 2.75) is 19.8 Å². The molecule has 0 atom stereocenters. The van der Waals surface area contributed by atoms with Crippen LogP contribution in [0.15, 0.2) is 30.3 Å². The normalized spacial score (nSPS) is 16.5. The van der Waals surface area contributed by atoms with Crippen molar-refractivity contribution < 1.29 is 0 Å². The number of fused-ring (bicyclic) bond motifs is 1. The van der Waals surface area contributed by atoms with Crippen LogP contribution in [0, 0.1) is 17.2 Å². The van der Waals surface area contributed by atoms with Gasteiger partial charge in [-0.05, 0) is 30.9 Å². The number of piperidine rings is 1. The Labute approximate surface area is 113 Å². The van der Waals surface area contributed by atoms with Gasteiger partial charge in [-0.1, -0.05) is 25.1 Å². The Morgan fingerprint density at radius 2 is 2.00 bits per heavy atom. The lowest BCUT2D eigenvalue weighted by Gasteiger charge is -2.31. The number of para-hydroxylation sites is 1. The Bertz CT molecular complexity index is 634. The molecule has 1 fully saturated rings. The first kappa shape index (κ1) is 12.0. The van der Waals surface area contributed by atoms with E-state index in [4.69, 9.17) is 4.98 Å². The van der Waals surface area contributed by atoms with Crippen molar-refractivity contribution in [2.75, 3.05) is 18.0 Å². The molecule has 0 N–H and O–H groups in total. The van der Waals surface area contributed by atoms with E-state index in [0.29, 0.717) is 5.56 Å². The zero-order chi connectivity index (χ0) is 13.2. The average molecular weight is 251 g/mol. The Hall–Kier alpha value is -2.08. The zero-order valence-electron chi connectivity index (χ0n) is 11.1. The summed E-state index contributed by atoms with van der Waals surface area (Å²) >= 11 is 0. The third-order valence-corrected chi connectivity index (χ3v) is 3.91. The van der Waals surface area contributed by atoms with E-state index in [0.717, 1.165) is 35.7 Å². The first-order valence-corrected chi connectivity index (χ1v) is 6.83. The SMILES string of the molecule is CC1CCN(c2nc3ccccc3cc2C#N)CC1. The summed E-state index contributed by atoms with van der Waals surface area (Å²) in [5.74, 6) is 1.63. The highest BCUT2D eigenvalue weighted by Gasteiger charge is 2.20. The monoisotopic (exact) mass is 251 g/mol. The van der Waals surface area contributed by atoms with E-state index < -0.39 is 0 Å². The molecule has 2 aromatic rings. The van der Waals surface area contributed by atoms with Crippen molar-refractivity contribution in [1.29, 1.82) is 5.26 Å². The second-order valence-electron chi connectivity index (χ2n) is 5.33. The molecule has 1 saturated heterocycles. The number of rotatable bonds is 1. The summed E-state index contributed by atoms with van der Waals surface area (Å²) in [5, 5.41) is 10.4. The highest BCUT2D eigenvalue weighted by Crippen LogP contribution is 2.27. The summed E-state index contributed by atoms with van der Waals surface area (Å²) in [6.45, 7) is 4.29. The van der Waals surface area contributed by atoms with E-state index in [1.54, 1.807) is 0 Å². The molecule has 1 aliphatic heterocycles. The molecular weight excluding hydrogens is 234 g/mol. The molecule has 0 saturated carbocycles.